The molecule has 0 amide bonds. The lowest BCUT2D eigenvalue weighted by molar-refractivity contribution is -0.161. The van der Waals surface area contributed by atoms with E-state index in [0.717, 1.165) is 109 Å². The number of unbranched alkanes of at least 4 members (excludes halogenated alkanes) is 39. The normalized spacial score (nSPS) is 14.4. The molecule has 0 radical (unpaired) electrons. The predicted molar refractivity (Wildman–Crippen MR) is 349 cm³/mol. The van der Waals surface area contributed by atoms with E-state index in [4.69, 9.17) is 37.0 Å². The third-order valence-electron chi connectivity index (χ3n) is 16.1. The smallest absolute Gasteiger partial charge is 0.462 e. The summed E-state index contributed by atoms with van der Waals surface area (Å²) in [6.45, 7) is 7.08. The van der Waals surface area contributed by atoms with Crippen molar-refractivity contribution in [2.45, 2.75) is 368 Å². The standard InChI is InChI=1S/C68H132O17P2/c1-6-10-13-16-18-20-22-23-24-25-26-27-28-29-30-31-32-33-35-37-44-49-54-68(73)85-64(58-79-66(71)52-47-42-39-38-41-45-50-61(5)9-4)60-83-87(76,77)81-56-62(69)55-80-86(74,75)82-59-63(57-78-65(70)51-46-40-15-12-8-3)84-67(72)53-48-43-36-34-21-19-17-14-11-7-2/h61-64,69H,6-60H2,1-5H3,(H,74,75)(H,76,77)/t61?,62-,63+,64+/m0/s1. The number of rotatable bonds is 68. The number of hydrogen-bond donors (Lipinski definition) is 3. The number of esters is 4. The van der Waals surface area contributed by atoms with Crippen LogP contribution in [0.5, 0.6) is 0 Å². The number of hydrogen-bond acceptors (Lipinski definition) is 15. The Hall–Kier alpha value is -1.94. The number of phosphoric ester groups is 2. The first-order chi connectivity index (χ1) is 42.1. The topological polar surface area (TPSA) is 237 Å². The molecule has 0 aromatic rings. The van der Waals surface area contributed by atoms with Crippen LogP contribution >= 0.6 is 15.6 Å². The van der Waals surface area contributed by atoms with Crippen LogP contribution in [0.25, 0.3) is 0 Å². The van der Waals surface area contributed by atoms with E-state index in [1.54, 1.807) is 0 Å². The molecule has 0 aliphatic rings. The lowest BCUT2D eigenvalue weighted by Gasteiger charge is -2.21. The van der Waals surface area contributed by atoms with E-state index in [-0.39, 0.29) is 25.7 Å². The van der Waals surface area contributed by atoms with Gasteiger partial charge >= 0.3 is 39.5 Å². The minimum Gasteiger partial charge on any atom is -0.462 e. The van der Waals surface area contributed by atoms with Crippen LogP contribution in [0, 0.1) is 5.92 Å². The zero-order chi connectivity index (χ0) is 64.2. The maximum absolute atomic E-state index is 13.0. The van der Waals surface area contributed by atoms with Crippen molar-refractivity contribution in [1.82, 2.24) is 0 Å². The second kappa shape index (κ2) is 61.6. The molecule has 3 N–H and O–H groups in total. The molecule has 0 aliphatic carbocycles. The molecule has 0 saturated carbocycles. The van der Waals surface area contributed by atoms with Crippen molar-refractivity contribution in [3.63, 3.8) is 0 Å². The van der Waals surface area contributed by atoms with E-state index in [0.29, 0.717) is 25.7 Å². The van der Waals surface area contributed by atoms with Crippen molar-refractivity contribution in [2.24, 2.45) is 5.92 Å². The monoisotopic (exact) mass is 1280 g/mol. The van der Waals surface area contributed by atoms with E-state index in [1.807, 2.05) is 0 Å². The summed E-state index contributed by atoms with van der Waals surface area (Å²) in [5, 5.41) is 10.5. The van der Waals surface area contributed by atoms with Gasteiger partial charge in [-0.1, -0.05) is 298 Å². The van der Waals surface area contributed by atoms with Gasteiger partial charge in [0, 0.05) is 25.7 Å². The zero-order valence-corrected chi connectivity index (χ0v) is 57.9. The Morgan fingerprint density at radius 3 is 0.816 bits per heavy atom. The molecule has 0 bridgehead atoms. The van der Waals surface area contributed by atoms with E-state index < -0.39 is 97.5 Å². The molecule has 0 fully saturated rings. The molecule has 0 rings (SSSR count). The molecule has 516 valence electrons. The molecule has 17 nitrogen and oxygen atoms in total. The first-order valence-electron chi connectivity index (χ1n) is 35.7. The van der Waals surface area contributed by atoms with Crippen LogP contribution in [0.2, 0.25) is 0 Å². The summed E-state index contributed by atoms with van der Waals surface area (Å²) in [5.41, 5.74) is 0. The van der Waals surface area contributed by atoms with Crippen LogP contribution < -0.4 is 0 Å². The molecule has 87 heavy (non-hydrogen) atoms. The van der Waals surface area contributed by atoms with E-state index in [2.05, 4.69) is 34.6 Å². The van der Waals surface area contributed by atoms with Gasteiger partial charge < -0.3 is 33.8 Å². The molecule has 0 saturated heterocycles. The van der Waals surface area contributed by atoms with Crippen LogP contribution in [0.15, 0.2) is 0 Å². The fraction of sp³-hybridized carbons (Fsp3) is 0.941. The number of phosphoric acid groups is 2. The Balaban J connectivity index is 5.05. The summed E-state index contributed by atoms with van der Waals surface area (Å²) >= 11 is 0. The van der Waals surface area contributed by atoms with E-state index >= 15 is 0 Å². The average Bonchev–Trinajstić information content (AvgIpc) is 3.61. The highest BCUT2D eigenvalue weighted by Crippen LogP contribution is 2.45. The maximum atomic E-state index is 13.0. The molecule has 0 heterocycles. The number of ether oxygens (including phenoxy) is 4. The molecular formula is C68H132O17P2. The van der Waals surface area contributed by atoms with Gasteiger partial charge in [-0.3, -0.25) is 37.3 Å². The minimum atomic E-state index is -4.95. The van der Waals surface area contributed by atoms with Gasteiger partial charge in [-0.05, 0) is 31.6 Å². The van der Waals surface area contributed by atoms with Gasteiger partial charge in [0.25, 0.3) is 0 Å². The lowest BCUT2D eigenvalue weighted by atomic mass is 10.00. The van der Waals surface area contributed by atoms with Crippen LogP contribution in [0.3, 0.4) is 0 Å². The minimum absolute atomic E-state index is 0.105. The fourth-order valence-electron chi connectivity index (χ4n) is 10.3. The molecule has 0 aliphatic heterocycles. The van der Waals surface area contributed by atoms with Gasteiger partial charge in [0.05, 0.1) is 26.4 Å². The summed E-state index contributed by atoms with van der Waals surface area (Å²) in [6.07, 6.45) is 47.9. The second-order valence-electron chi connectivity index (χ2n) is 24.8. The Kier molecular flexibility index (Phi) is 60.2. The van der Waals surface area contributed by atoms with Crippen molar-refractivity contribution >= 4 is 39.5 Å². The number of carbonyl (C=O) groups excluding carboxylic acids is 4. The second-order valence-corrected chi connectivity index (χ2v) is 27.7. The van der Waals surface area contributed by atoms with Crippen molar-refractivity contribution in [3.05, 3.63) is 0 Å². The lowest BCUT2D eigenvalue weighted by Crippen LogP contribution is -2.30. The van der Waals surface area contributed by atoms with Crippen LogP contribution in [-0.2, 0) is 65.4 Å². The van der Waals surface area contributed by atoms with Gasteiger partial charge in [0.2, 0.25) is 0 Å². The quantitative estimate of drug-likeness (QED) is 0.0222. The van der Waals surface area contributed by atoms with Crippen molar-refractivity contribution < 1.29 is 80.2 Å². The molecule has 0 spiro atoms. The van der Waals surface area contributed by atoms with E-state index in [9.17, 15) is 43.2 Å². The van der Waals surface area contributed by atoms with Crippen molar-refractivity contribution in [1.29, 1.82) is 0 Å². The highest BCUT2D eigenvalue weighted by molar-refractivity contribution is 7.47. The Morgan fingerprint density at radius 1 is 0.322 bits per heavy atom. The largest absolute Gasteiger partial charge is 0.472 e. The SMILES string of the molecule is CCCCCCCCCCCCCCCCCCCCCCCCC(=O)O[C@H](COC(=O)CCCCCCCCC(C)CC)COP(=O)(O)OC[C@@H](O)COP(=O)(O)OC[C@@H](COC(=O)CCCCCCC)OC(=O)CCCCCCCCCCCC. The van der Waals surface area contributed by atoms with Gasteiger partial charge in [-0.25, -0.2) is 9.13 Å². The maximum Gasteiger partial charge on any atom is 0.472 e. The van der Waals surface area contributed by atoms with Gasteiger partial charge in [0.1, 0.15) is 19.3 Å². The molecule has 19 heteroatoms. The van der Waals surface area contributed by atoms with Crippen molar-refractivity contribution in [3.8, 4) is 0 Å². The summed E-state index contributed by atoms with van der Waals surface area (Å²) < 4.78 is 67.9. The van der Waals surface area contributed by atoms with Crippen LogP contribution in [-0.4, -0.2) is 96.7 Å². The van der Waals surface area contributed by atoms with E-state index in [1.165, 1.54) is 161 Å². The number of carbonyl (C=O) groups is 4. The Labute approximate surface area is 530 Å². The highest BCUT2D eigenvalue weighted by Gasteiger charge is 2.30. The van der Waals surface area contributed by atoms with Crippen LogP contribution in [0.1, 0.15) is 349 Å². The van der Waals surface area contributed by atoms with Crippen molar-refractivity contribution in [2.75, 3.05) is 39.6 Å². The third-order valence-corrected chi connectivity index (χ3v) is 18.0. The Bertz CT molecular complexity index is 1690. The highest BCUT2D eigenvalue weighted by atomic mass is 31.2. The zero-order valence-electron chi connectivity index (χ0n) is 56.2. The van der Waals surface area contributed by atoms with Crippen LogP contribution in [0.4, 0.5) is 0 Å². The van der Waals surface area contributed by atoms with Gasteiger partial charge in [0.15, 0.2) is 12.2 Å². The first-order valence-corrected chi connectivity index (χ1v) is 38.7. The molecule has 0 aromatic heterocycles. The average molecular weight is 1280 g/mol. The molecule has 0 aromatic carbocycles. The van der Waals surface area contributed by atoms with Gasteiger partial charge in [-0.15, -0.1) is 0 Å². The summed E-state index contributed by atoms with van der Waals surface area (Å²) in [5.74, 6) is -1.41. The number of aliphatic hydroxyl groups is 1. The van der Waals surface area contributed by atoms with Gasteiger partial charge in [-0.2, -0.15) is 0 Å². The summed E-state index contributed by atoms with van der Waals surface area (Å²) in [7, 11) is -9.88. The molecular weight excluding hydrogens is 1150 g/mol. The number of aliphatic hydroxyl groups excluding tert-OH is 1. The Morgan fingerprint density at radius 2 is 0.552 bits per heavy atom. The molecule has 3 unspecified atom stereocenters. The third kappa shape index (κ3) is 61.3. The predicted octanol–water partition coefficient (Wildman–Crippen LogP) is 19.4. The summed E-state index contributed by atoms with van der Waals surface area (Å²) in [4.78, 5) is 72.0. The molecule has 6 atom stereocenters. The first kappa shape index (κ1) is 85.1. The summed E-state index contributed by atoms with van der Waals surface area (Å²) in [6, 6.07) is 0. The fourth-order valence-corrected chi connectivity index (χ4v) is 11.8.